The largest absolute Gasteiger partial charge is 0.310 e. The van der Waals surface area contributed by atoms with Gasteiger partial charge in [0.05, 0.1) is 0 Å². The highest BCUT2D eigenvalue weighted by Gasteiger charge is 2.17. The quantitative estimate of drug-likeness (QED) is 0.536. The molecule has 1 aromatic carbocycles. The molecule has 1 nitrogen and oxygen atoms in total. The molecule has 0 heterocycles. The number of fused-ring (bicyclic) bond motifs is 1. The van der Waals surface area contributed by atoms with E-state index in [4.69, 9.17) is 0 Å². The van der Waals surface area contributed by atoms with Gasteiger partial charge in [0, 0.05) is 6.04 Å². The third-order valence-corrected chi connectivity index (χ3v) is 4.98. The van der Waals surface area contributed by atoms with Crippen molar-refractivity contribution in [2.24, 2.45) is 0 Å². The highest BCUT2D eigenvalue weighted by Crippen LogP contribution is 2.28. The van der Waals surface area contributed by atoms with Crippen LogP contribution in [0.2, 0.25) is 0 Å². The lowest BCUT2D eigenvalue weighted by atomic mass is 9.99. The van der Waals surface area contributed by atoms with Crippen molar-refractivity contribution in [2.75, 3.05) is 18.6 Å². The molecule has 1 unspecified atom stereocenters. The van der Waals surface area contributed by atoms with Gasteiger partial charge in [0.15, 0.2) is 0 Å². The topological polar surface area (TPSA) is 12.0 Å². The maximum Gasteiger partial charge on any atom is 0.0322 e. The molecule has 2 heteroatoms. The number of aryl methyl sites for hydroxylation is 1. The van der Waals surface area contributed by atoms with Gasteiger partial charge in [-0.25, -0.2) is 0 Å². The van der Waals surface area contributed by atoms with E-state index >= 15 is 0 Å². The zero-order chi connectivity index (χ0) is 14.0. The average molecular weight is 292 g/mol. The molecule has 0 radical (unpaired) electrons. The van der Waals surface area contributed by atoms with E-state index in [9.17, 15) is 0 Å². The second kappa shape index (κ2) is 9.46. The monoisotopic (exact) mass is 291 g/mol. The second-order valence-electron chi connectivity index (χ2n) is 5.86. The highest BCUT2D eigenvalue weighted by atomic mass is 32.2. The Hall–Kier alpha value is -0.470. The minimum atomic E-state index is 0.597. The molecule has 0 fully saturated rings. The standard InChI is InChI=1S/C18H29NS/c1-20-15-9-3-2-8-14-19-18-13-7-5-11-16-10-4-6-12-17(16)18/h4,6,10,12,18-19H,2-3,5,7-9,11,13-15H2,1H3. The van der Waals surface area contributed by atoms with Crippen LogP contribution < -0.4 is 5.32 Å². The number of thioether (sulfide) groups is 1. The van der Waals surface area contributed by atoms with Gasteiger partial charge < -0.3 is 5.32 Å². The average Bonchev–Trinajstić information content (AvgIpc) is 2.69. The first kappa shape index (κ1) is 15.9. The van der Waals surface area contributed by atoms with Gasteiger partial charge in [-0.05, 0) is 61.8 Å². The van der Waals surface area contributed by atoms with E-state index in [1.165, 1.54) is 63.7 Å². The molecule has 0 saturated carbocycles. The molecule has 0 aromatic heterocycles. The fourth-order valence-electron chi connectivity index (χ4n) is 3.13. The Morgan fingerprint density at radius 2 is 1.95 bits per heavy atom. The second-order valence-corrected chi connectivity index (χ2v) is 6.84. The Morgan fingerprint density at radius 3 is 2.85 bits per heavy atom. The van der Waals surface area contributed by atoms with Crippen LogP contribution in [0.1, 0.15) is 62.1 Å². The van der Waals surface area contributed by atoms with Crippen LogP contribution in [0.4, 0.5) is 0 Å². The molecule has 2 rings (SSSR count). The van der Waals surface area contributed by atoms with Crippen LogP contribution in [-0.2, 0) is 6.42 Å². The van der Waals surface area contributed by atoms with Crippen molar-refractivity contribution in [3.8, 4) is 0 Å². The first-order valence-electron chi connectivity index (χ1n) is 8.22. The summed E-state index contributed by atoms with van der Waals surface area (Å²) in [6.45, 7) is 1.18. The van der Waals surface area contributed by atoms with Crippen LogP contribution in [0.5, 0.6) is 0 Å². The number of unbranched alkanes of at least 4 members (excludes halogenated alkanes) is 3. The first-order chi connectivity index (χ1) is 9.92. The molecule has 20 heavy (non-hydrogen) atoms. The Balaban J connectivity index is 1.72. The fraction of sp³-hybridized carbons (Fsp3) is 0.667. The zero-order valence-electron chi connectivity index (χ0n) is 12.9. The predicted molar refractivity (Wildman–Crippen MR) is 91.6 cm³/mol. The molecule has 1 N–H and O–H groups in total. The summed E-state index contributed by atoms with van der Waals surface area (Å²) in [7, 11) is 0. The molecule has 0 amide bonds. The van der Waals surface area contributed by atoms with Gasteiger partial charge in [-0.2, -0.15) is 11.8 Å². The lowest BCUT2D eigenvalue weighted by molar-refractivity contribution is 0.475. The maximum absolute atomic E-state index is 3.80. The zero-order valence-corrected chi connectivity index (χ0v) is 13.7. The summed E-state index contributed by atoms with van der Waals surface area (Å²) in [6.07, 6.45) is 13.0. The van der Waals surface area contributed by atoms with Crippen molar-refractivity contribution in [3.63, 3.8) is 0 Å². The number of benzene rings is 1. The van der Waals surface area contributed by atoms with Gasteiger partial charge in [0.2, 0.25) is 0 Å². The molecule has 0 saturated heterocycles. The summed E-state index contributed by atoms with van der Waals surface area (Å²) in [5.74, 6) is 1.32. The molecular weight excluding hydrogens is 262 g/mol. The summed E-state index contributed by atoms with van der Waals surface area (Å²) >= 11 is 1.97. The van der Waals surface area contributed by atoms with Gasteiger partial charge in [-0.15, -0.1) is 0 Å². The Labute approximate surface area is 128 Å². The van der Waals surface area contributed by atoms with E-state index in [1.807, 2.05) is 11.8 Å². The highest BCUT2D eigenvalue weighted by molar-refractivity contribution is 7.98. The van der Waals surface area contributed by atoms with E-state index < -0.39 is 0 Å². The molecule has 1 atom stereocenters. The van der Waals surface area contributed by atoms with E-state index in [0.717, 1.165) is 0 Å². The molecule has 1 aliphatic carbocycles. The van der Waals surface area contributed by atoms with Crippen molar-refractivity contribution in [1.82, 2.24) is 5.32 Å². The molecule has 0 bridgehead atoms. The smallest absolute Gasteiger partial charge is 0.0322 e. The Bertz CT molecular complexity index is 377. The van der Waals surface area contributed by atoms with Crippen LogP contribution in [0.3, 0.4) is 0 Å². The van der Waals surface area contributed by atoms with E-state index in [0.29, 0.717) is 6.04 Å². The molecule has 1 aromatic rings. The van der Waals surface area contributed by atoms with Gasteiger partial charge in [-0.1, -0.05) is 43.5 Å². The van der Waals surface area contributed by atoms with Gasteiger partial charge in [0.1, 0.15) is 0 Å². The number of hydrogen-bond donors (Lipinski definition) is 1. The van der Waals surface area contributed by atoms with E-state index in [2.05, 4.69) is 35.8 Å². The minimum absolute atomic E-state index is 0.597. The minimum Gasteiger partial charge on any atom is -0.310 e. The SMILES string of the molecule is CSCCCCCCNC1CCCCc2ccccc21. The van der Waals surface area contributed by atoms with Crippen molar-refractivity contribution in [3.05, 3.63) is 35.4 Å². The lowest BCUT2D eigenvalue weighted by Crippen LogP contribution is -2.22. The van der Waals surface area contributed by atoms with Gasteiger partial charge >= 0.3 is 0 Å². The van der Waals surface area contributed by atoms with Gasteiger partial charge in [0.25, 0.3) is 0 Å². The number of nitrogens with one attached hydrogen (secondary N) is 1. The van der Waals surface area contributed by atoms with Crippen molar-refractivity contribution in [1.29, 1.82) is 0 Å². The van der Waals surface area contributed by atoms with E-state index in [1.54, 1.807) is 11.1 Å². The van der Waals surface area contributed by atoms with Crippen LogP contribution in [0.15, 0.2) is 24.3 Å². The summed E-state index contributed by atoms with van der Waals surface area (Å²) in [5, 5.41) is 3.80. The molecule has 0 aliphatic heterocycles. The molecular formula is C18H29NS. The third-order valence-electron chi connectivity index (χ3n) is 4.29. The summed E-state index contributed by atoms with van der Waals surface area (Å²) in [6, 6.07) is 9.63. The predicted octanol–water partition coefficient (Wildman–Crippen LogP) is 4.97. The molecule has 1 aliphatic rings. The van der Waals surface area contributed by atoms with Crippen LogP contribution >= 0.6 is 11.8 Å². The van der Waals surface area contributed by atoms with Crippen LogP contribution in [0.25, 0.3) is 0 Å². The molecule has 0 spiro atoms. The Kier molecular flexibility index (Phi) is 7.53. The maximum atomic E-state index is 3.80. The number of hydrogen-bond acceptors (Lipinski definition) is 2. The van der Waals surface area contributed by atoms with Crippen LogP contribution in [-0.4, -0.2) is 18.6 Å². The van der Waals surface area contributed by atoms with Crippen molar-refractivity contribution < 1.29 is 0 Å². The van der Waals surface area contributed by atoms with E-state index in [-0.39, 0.29) is 0 Å². The van der Waals surface area contributed by atoms with Gasteiger partial charge in [-0.3, -0.25) is 0 Å². The lowest BCUT2D eigenvalue weighted by Gasteiger charge is -2.19. The van der Waals surface area contributed by atoms with Crippen LogP contribution in [0, 0.1) is 0 Å². The first-order valence-corrected chi connectivity index (χ1v) is 9.61. The fourth-order valence-corrected chi connectivity index (χ4v) is 3.63. The normalized spacial score (nSPS) is 18.6. The molecule has 112 valence electrons. The van der Waals surface area contributed by atoms with Crippen molar-refractivity contribution in [2.45, 2.75) is 57.4 Å². The Morgan fingerprint density at radius 1 is 1.10 bits per heavy atom. The third kappa shape index (κ3) is 5.14. The summed E-state index contributed by atoms with van der Waals surface area (Å²) in [4.78, 5) is 0. The summed E-state index contributed by atoms with van der Waals surface area (Å²) < 4.78 is 0. The van der Waals surface area contributed by atoms with Crippen molar-refractivity contribution >= 4 is 11.8 Å². The number of rotatable bonds is 8. The summed E-state index contributed by atoms with van der Waals surface area (Å²) in [5.41, 5.74) is 3.13.